The monoisotopic (exact) mass is 500 g/mol. The van der Waals surface area contributed by atoms with E-state index in [1.165, 1.54) is 22.9 Å². The third-order valence-electron chi connectivity index (χ3n) is 6.70. The molecule has 0 aliphatic carbocycles. The molecule has 4 aromatic rings. The van der Waals surface area contributed by atoms with E-state index in [0.717, 1.165) is 6.42 Å². The summed E-state index contributed by atoms with van der Waals surface area (Å²) in [4.78, 5) is 15.2. The highest BCUT2D eigenvalue weighted by Gasteiger charge is 2.28. The molecule has 7 nitrogen and oxygen atoms in total. The number of carbonyl (C=O) groups is 1. The van der Waals surface area contributed by atoms with Gasteiger partial charge in [0.15, 0.2) is 0 Å². The maximum atomic E-state index is 15.3. The van der Waals surface area contributed by atoms with Gasteiger partial charge in [0.25, 0.3) is 5.91 Å². The average molecular weight is 501 g/mol. The van der Waals surface area contributed by atoms with Gasteiger partial charge in [0.2, 0.25) is 0 Å². The van der Waals surface area contributed by atoms with Crippen LogP contribution in [0.2, 0.25) is 0 Å². The van der Waals surface area contributed by atoms with E-state index in [9.17, 15) is 9.18 Å². The molecule has 1 N–H and O–H groups in total. The van der Waals surface area contributed by atoms with Crippen LogP contribution in [0.3, 0.4) is 0 Å². The van der Waals surface area contributed by atoms with Crippen LogP contribution in [0.5, 0.6) is 0 Å². The molecule has 0 unspecified atom stereocenters. The number of carbonyl (C=O) groups excluding carboxylic acids is 1. The minimum atomic E-state index is -0.685. The lowest BCUT2D eigenvalue weighted by Crippen LogP contribution is -2.38. The van der Waals surface area contributed by atoms with Gasteiger partial charge in [-0.1, -0.05) is 31.2 Å². The number of benzene rings is 3. The Hall–Kier alpha value is -4.16. The molecule has 0 radical (unpaired) electrons. The van der Waals surface area contributed by atoms with Crippen LogP contribution in [0, 0.1) is 23.0 Å². The van der Waals surface area contributed by atoms with Gasteiger partial charge in [0.1, 0.15) is 23.2 Å². The molecule has 0 bridgehead atoms. The number of nitrogens with zero attached hydrogens (tertiary/aromatic N) is 5. The highest BCUT2D eigenvalue weighted by molar-refractivity contribution is 5.98. The Kier molecular flexibility index (Phi) is 6.44. The zero-order valence-corrected chi connectivity index (χ0v) is 20.8. The quantitative estimate of drug-likeness (QED) is 0.431. The number of aromatic nitrogens is 3. The van der Waals surface area contributed by atoms with Gasteiger partial charge in [-0.3, -0.25) is 4.79 Å². The van der Waals surface area contributed by atoms with Crippen molar-refractivity contribution in [3.05, 3.63) is 71.3 Å². The Bertz CT molecular complexity index is 1550. The predicted molar refractivity (Wildman–Crippen MR) is 137 cm³/mol. The van der Waals surface area contributed by atoms with E-state index in [-0.39, 0.29) is 23.1 Å². The molecule has 0 saturated carbocycles. The first-order valence-electron chi connectivity index (χ1n) is 12.1. The number of fused-ring (bicyclic) bond motifs is 1. The first kappa shape index (κ1) is 24.5. The van der Waals surface area contributed by atoms with Crippen molar-refractivity contribution >= 4 is 16.9 Å². The van der Waals surface area contributed by atoms with Crippen molar-refractivity contribution in [1.29, 1.82) is 5.26 Å². The number of aryl methyl sites for hydroxylation is 1. The Labute approximate surface area is 213 Å². The summed E-state index contributed by atoms with van der Waals surface area (Å²) < 4.78 is 31.4. The van der Waals surface area contributed by atoms with Crippen molar-refractivity contribution in [3.63, 3.8) is 0 Å². The number of likely N-dealkylation sites (tertiary alicyclic amines) is 1. The van der Waals surface area contributed by atoms with Gasteiger partial charge in [-0.2, -0.15) is 5.26 Å². The number of halogens is 2. The van der Waals surface area contributed by atoms with Gasteiger partial charge in [-0.05, 0) is 53.4 Å². The zero-order chi connectivity index (χ0) is 26.3. The van der Waals surface area contributed by atoms with Crippen LogP contribution in [-0.2, 0) is 7.05 Å². The van der Waals surface area contributed by atoms with Crippen molar-refractivity contribution in [2.24, 2.45) is 7.05 Å². The highest BCUT2D eigenvalue weighted by atomic mass is 19.1. The lowest BCUT2D eigenvalue weighted by molar-refractivity contribution is 0.0789. The van der Waals surface area contributed by atoms with E-state index in [4.69, 9.17) is 5.26 Å². The van der Waals surface area contributed by atoms with Crippen LogP contribution in [-0.4, -0.2) is 51.0 Å². The lowest BCUT2D eigenvalue weighted by Gasteiger charge is -2.20. The van der Waals surface area contributed by atoms with Crippen molar-refractivity contribution in [2.45, 2.75) is 32.4 Å². The Morgan fingerprint density at radius 3 is 2.62 bits per heavy atom. The lowest BCUT2D eigenvalue weighted by atomic mass is 9.91. The first-order valence-corrected chi connectivity index (χ1v) is 12.1. The van der Waals surface area contributed by atoms with E-state index in [0.29, 0.717) is 52.4 Å². The van der Waals surface area contributed by atoms with E-state index in [1.807, 2.05) is 6.07 Å². The number of amides is 1. The van der Waals surface area contributed by atoms with Crippen LogP contribution >= 0.6 is 0 Å². The number of hydrogen-bond donors (Lipinski definition) is 1. The molecule has 37 heavy (non-hydrogen) atoms. The van der Waals surface area contributed by atoms with E-state index < -0.39 is 11.6 Å². The van der Waals surface area contributed by atoms with Crippen LogP contribution in [0.4, 0.5) is 8.78 Å². The summed E-state index contributed by atoms with van der Waals surface area (Å²) in [6.45, 7) is 5.37. The Balaban J connectivity index is 1.60. The summed E-state index contributed by atoms with van der Waals surface area (Å²) in [5, 5.41) is 20.7. The molecular formula is C28H26F2N6O. The fraction of sp³-hybridized carbons (Fsp3) is 0.286. The normalized spacial score (nSPS) is 15.5. The fourth-order valence-corrected chi connectivity index (χ4v) is 4.92. The number of nitrogens with one attached hydrogen (secondary N) is 1. The highest BCUT2D eigenvalue weighted by Crippen LogP contribution is 2.37. The molecule has 1 aliphatic heterocycles. The molecule has 1 aromatic heterocycles. The summed E-state index contributed by atoms with van der Waals surface area (Å²) in [6, 6.07) is 14.6. The molecule has 3 aromatic carbocycles. The second kappa shape index (κ2) is 9.71. The van der Waals surface area contributed by atoms with Gasteiger partial charge in [-0.15, -0.1) is 5.10 Å². The SMILES string of the molecule is CC(C)N[C@H]1CCN(C(=O)c2ccc(-c3cc4nnn(C)c4cc3F)c(-c3ccc(C#N)c(F)c3)c2)C1. The largest absolute Gasteiger partial charge is 0.337 e. The van der Waals surface area contributed by atoms with Gasteiger partial charge >= 0.3 is 0 Å². The molecule has 1 atom stereocenters. The zero-order valence-electron chi connectivity index (χ0n) is 20.8. The molecular weight excluding hydrogens is 474 g/mol. The maximum absolute atomic E-state index is 15.3. The third-order valence-corrected chi connectivity index (χ3v) is 6.70. The van der Waals surface area contributed by atoms with Crippen molar-refractivity contribution < 1.29 is 13.6 Å². The van der Waals surface area contributed by atoms with Crippen molar-refractivity contribution in [3.8, 4) is 28.3 Å². The van der Waals surface area contributed by atoms with Gasteiger partial charge in [0.05, 0.1) is 11.1 Å². The van der Waals surface area contributed by atoms with Crippen molar-refractivity contribution in [1.82, 2.24) is 25.2 Å². The molecule has 188 valence electrons. The second-order valence-electron chi connectivity index (χ2n) is 9.66. The van der Waals surface area contributed by atoms with Crippen LogP contribution in [0.1, 0.15) is 36.2 Å². The van der Waals surface area contributed by atoms with Crippen LogP contribution in [0.25, 0.3) is 33.3 Å². The Morgan fingerprint density at radius 1 is 1.08 bits per heavy atom. The molecule has 9 heteroatoms. The topological polar surface area (TPSA) is 86.8 Å². The summed E-state index contributed by atoms with van der Waals surface area (Å²) in [5.41, 5.74) is 3.03. The summed E-state index contributed by atoms with van der Waals surface area (Å²) in [5.74, 6) is -1.32. The maximum Gasteiger partial charge on any atom is 0.253 e. The summed E-state index contributed by atoms with van der Waals surface area (Å²) in [6.07, 6.45) is 0.860. The summed E-state index contributed by atoms with van der Waals surface area (Å²) in [7, 11) is 1.68. The molecule has 1 aliphatic rings. The molecule has 0 spiro atoms. The van der Waals surface area contributed by atoms with E-state index in [2.05, 4.69) is 29.5 Å². The van der Waals surface area contributed by atoms with E-state index in [1.54, 1.807) is 42.3 Å². The van der Waals surface area contributed by atoms with E-state index >= 15 is 4.39 Å². The van der Waals surface area contributed by atoms with Gasteiger partial charge < -0.3 is 10.2 Å². The minimum absolute atomic E-state index is 0.0922. The van der Waals surface area contributed by atoms with Crippen LogP contribution in [0.15, 0.2) is 48.5 Å². The number of nitriles is 1. The first-order chi connectivity index (χ1) is 17.7. The average Bonchev–Trinajstić information content (AvgIpc) is 3.48. The summed E-state index contributed by atoms with van der Waals surface area (Å²) >= 11 is 0. The molecule has 2 heterocycles. The minimum Gasteiger partial charge on any atom is -0.337 e. The van der Waals surface area contributed by atoms with Gasteiger partial charge in [0, 0.05) is 49.4 Å². The molecule has 1 saturated heterocycles. The predicted octanol–water partition coefficient (Wildman–Crippen LogP) is 4.66. The number of hydrogen-bond acceptors (Lipinski definition) is 5. The number of rotatable bonds is 5. The van der Waals surface area contributed by atoms with Crippen molar-refractivity contribution in [2.75, 3.05) is 13.1 Å². The smallest absolute Gasteiger partial charge is 0.253 e. The van der Waals surface area contributed by atoms with Gasteiger partial charge in [-0.25, -0.2) is 13.5 Å². The third kappa shape index (κ3) is 4.68. The molecule has 1 fully saturated rings. The fourth-order valence-electron chi connectivity index (χ4n) is 4.92. The molecule has 1 amide bonds. The Morgan fingerprint density at radius 2 is 1.89 bits per heavy atom. The van der Waals surface area contributed by atoms with Crippen LogP contribution < -0.4 is 5.32 Å². The standard InChI is InChI=1S/C28H26F2N6O/c1-16(2)32-20-8-9-36(15-20)28(37)18-6-7-21(22(10-18)17-4-5-19(14-31)24(29)11-17)23-12-26-27(13-25(23)30)35(3)34-33-26/h4-7,10-13,16,20,32H,8-9,15H2,1-3H3/t20-/m0/s1. The molecule has 5 rings (SSSR count). The second-order valence-corrected chi connectivity index (χ2v) is 9.66.